The van der Waals surface area contributed by atoms with E-state index in [9.17, 15) is 0 Å². The van der Waals surface area contributed by atoms with E-state index in [4.69, 9.17) is 0 Å². The van der Waals surface area contributed by atoms with Crippen LogP contribution in [-0.2, 0) is 6.42 Å². The maximum Gasteiger partial charge on any atom is 0.0463 e. The molecule has 170 valence electrons. The fourth-order valence-corrected chi connectivity index (χ4v) is 4.24. The summed E-state index contributed by atoms with van der Waals surface area (Å²) in [6, 6.07) is 28.1. The molecule has 0 fully saturated rings. The zero-order valence-corrected chi connectivity index (χ0v) is 20.4. The van der Waals surface area contributed by atoms with E-state index >= 15 is 0 Å². The average Bonchev–Trinajstić information content (AvgIpc) is 2.79. The lowest BCUT2D eigenvalue weighted by Gasteiger charge is -2.17. The Morgan fingerprint density at radius 2 is 1.19 bits per heavy atom. The van der Waals surface area contributed by atoms with Crippen molar-refractivity contribution in [3.8, 4) is 11.1 Å². The van der Waals surface area contributed by atoms with Crippen LogP contribution >= 0.6 is 0 Å². The first-order valence-electron chi connectivity index (χ1n) is 12.5. The minimum Gasteiger partial charge on any atom is -0.355 e. The largest absolute Gasteiger partial charge is 0.355 e. The van der Waals surface area contributed by atoms with Crippen molar-refractivity contribution >= 4 is 11.4 Å². The normalized spacial score (nSPS) is 11.5. The Morgan fingerprint density at radius 1 is 0.594 bits per heavy atom. The molecule has 0 amide bonds. The van der Waals surface area contributed by atoms with E-state index in [1.54, 1.807) is 0 Å². The van der Waals surface area contributed by atoms with Crippen LogP contribution in [-0.4, -0.2) is 0 Å². The van der Waals surface area contributed by atoms with Crippen LogP contribution in [0.25, 0.3) is 11.1 Å². The highest BCUT2D eigenvalue weighted by molar-refractivity contribution is 5.81. The smallest absolute Gasteiger partial charge is 0.0463 e. The van der Waals surface area contributed by atoms with Gasteiger partial charge in [0.05, 0.1) is 0 Å². The number of hydrogen-bond acceptors (Lipinski definition) is 1. The van der Waals surface area contributed by atoms with E-state index in [2.05, 4.69) is 98.9 Å². The summed E-state index contributed by atoms with van der Waals surface area (Å²) in [6.45, 7) is 7.04. The third-order valence-electron chi connectivity index (χ3n) is 6.14. The van der Waals surface area contributed by atoms with Gasteiger partial charge < -0.3 is 5.32 Å². The van der Waals surface area contributed by atoms with Crippen molar-refractivity contribution in [2.75, 3.05) is 5.32 Å². The standard InChI is InChI=1S/C31H41N/c1-31(2,3)25-15-8-6-4-5-7-10-16-26-21-23-27(24-22-26)29-19-13-14-20-30(29)32-28-17-11-9-12-18-28/h9,11-14,17-24,32H,4-8,10,15-16,25H2,1-3H3. The van der Waals surface area contributed by atoms with Crippen LogP contribution in [0.4, 0.5) is 11.4 Å². The molecule has 32 heavy (non-hydrogen) atoms. The van der Waals surface area contributed by atoms with Gasteiger partial charge in [-0.15, -0.1) is 0 Å². The second-order valence-corrected chi connectivity index (χ2v) is 10.3. The van der Waals surface area contributed by atoms with Gasteiger partial charge in [0.25, 0.3) is 0 Å². The molecule has 3 aromatic rings. The first-order chi connectivity index (χ1) is 15.5. The van der Waals surface area contributed by atoms with Crippen LogP contribution < -0.4 is 5.32 Å². The SMILES string of the molecule is CC(C)(C)CCCCCCCCCc1ccc(-c2ccccc2Nc2ccccc2)cc1. The van der Waals surface area contributed by atoms with Gasteiger partial charge in [0, 0.05) is 16.9 Å². The monoisotopic (exact) mass is 427 g/mol. The number of aryl methyl sites for hydroxylation is 1. The summed E-state index contributed by atoms with van der Waals surface area (Å²) in [4.78, 5) is 0. The number of anilines is 2. The summed E-state index contributed by atoms with van der Waals surface area (Å²) in [5.74, 6) is 0. The molecular formula is C31H41N. The Morgan fingerprint density at radius 3 is 1.88 bits per heavy atom. The lowest BCUT2D eigenvalue weighted by molar-refractivity contribution is 0.356. The highest BCUT2D eigenvalue weighted by Gasteiger charge is 2.08. The zero-order valence-electron chi connectivity index (χ0n) is 20.4. The Kier molecular flexibility index (Phi) is 9.41. The Bertz CT molecular complexity index is 903. The molecule has 0 saturated heterocycles. The fourth-order valence-electron chi connectivity index (χ4n) is 4.24. The molecule has 0 unspecified atom stereocenters. The molecule has 0 aliphatic heterocycles. The maximum atomic E-state index is 3.56. The van der Waals surface area contributed by atoms with E-state index in [0.717, 1.165) is 11.4 Å². The molecule has 0 spiro atoms. The predicted molar refractivity (Wildman–Crippen MR) is 142 cm³/mol. The van der Waals surface area contributed by atoms with Crippen molar-refractivity contribution in [3.63, 3.8) is 0 Å². The van der Waals surface area contributed by atoms with Crippen LogP contribution in [0.1, 0.15) is 77.7 Å². The van der Waals surface area contributed by atoms with Crippen molar-refractivity contribution in [3.05, 3.63) is 84.4 Å². The molecule has 0 radical (unpaired) electrons. The topological polar surface area (TPSA) is 12.0 Å². The molecule has 1 nitrogen and oxygen atoms in total. The number of hydrogen-bond donors (Lipinski definition) is 1. The van der Waals surface area contributed by atoms with E-state index < -0.39 is 0 Å². The van der Waals surface area contributed by atoms with E-state index in [1.807, 2.05) is 6.07 Å². The minimum atomic E-state index is 0.496. The van der Waals surface area contributed by atoms with Gasteiger partial charge in [-0.25, -0.2) is 0 Å². The highest BCUT2D eigenvalue weighted by atomic mass is 14.9. The maximum absolute atomic E-state index is 3.56. The van der Waals surface area contributed by atoms with E-state index in [1.165, 1.54) is 74.5 Å². The quantitative estimate of drug-likeness (QED) is 0.284. The molecule has 0 heterocycles. The number of rotatable bonds is 12. The molecule has 3 rings (SSSR count). The summed E-state index contributed by atoms with van der Waals surface area (Å²) in [7, 11) is 0. The van der Waals surface area contributed by atoms with Gasteiger partial charge in [-0.1, -0.05) is 120 Å². The van der Waals surface area contributed by atoms with E-state index in [0.29, 0.717) is 5.41 Å². The van der Waals surface area contributed by atoms with Gasteiger partial charge in [0.2, 0.25) is 0 Å². The molecule has 0 saturated carbocycles. The number of nitrogens with one attached hydrogen (secondary N) is 1. The van der Waals surface area contributed by atoms with Crippen molar-refractivity contribution in [1.29, 1.82) is 0 Å². The minimum absolute atomic E-state index is 0.496. The second-order valence-electron chi connectivity index (χ2n) is 10.3. The third kappa shape index (κ3) is 8.54. The molecule has 1 N–H and O–H groups in total. The average molecular weight is 428 g/mol. The molecule has 0 bridgehead atoms. The van der Waals surface area contributed by atoms with Gasteiger partial charge in [0.15, 0.2) is 0 Å². The molecule has 0 aliphatic rings. The molecule has 0 aliphatic carbocycles. The molecule has 0 atom stereocenters. The Balaban J connectivity index is 1.41. The molecule has 3 aromatic carbocycles. The lowest BCUT2D eigenvalue weighted by Crippen LogP contribution is -2.03. The zero-order chi connectivity index (χ0) is 22.7. The van der Waals surface area contributed by atoms with E-state index in [-0.39, 0.29) is 0 Å². The lowest BCUT2D eigenvalue weighted by atomic mass is 9.89. The second kappa shape index (κ2) is 12.5. The Hall–Kier alpha value is -2.54. The first kappa shape index (κ1) is 24.1. The van der Waals surface area contributed by atoms with Gasteiger partial charge in [-0.2, -0.15) is 0 Å². The molecule has 0 aromatic heterocycles. The van der Waals surface area contributed by atoms with Crippen molar-refractivity contribution in [1.82, 2.24) is 0 Å². The summed E-state index contributed by atoms with van der Waals surface area (Å²) in [6.07, 6.45) is 12.2. The number of unbranched alkanes of at least 4 members (excludes halogenated alkanes) is 6. The fraction of sp³-hybridized carbons (Fsp3) is 0.419. The first-order valence-corrected chi connectivity index (χ1v) is 12.5. The predicted octanol–water partition coefficient (Wildman–Crippen LogP) is 9.81. The number of benzene rings is 3. The van der Waals surface area contributed by atoms with Crippen LogP contribution in [0.5, 0.6) is 0 Å². The van der Waals surface area contributed by atoms with Gasteiger partial charge in [-0.05, 0) is 54.0 Å². The van der Waals surface area contributed by atoms with Crippen molar-refractivity contribution < 1.29 is 0 Å². The van der Waals surface area contributed by atoms with Crippen LogP contribution in [0.15, 0.2) is 78.9 Å². The molecule has 1 heteroatoms. The summed E-state index contributed by atoms with van der Waals surface area (Å²) in [5, 5.41) is 3.56. The van der Waals surface area contributed by atoms with Crippen LogP contribution in [0, 0.1) is 5.41 Å². The number of para-hydroxylation sites is 2. The van der Waals surface area contributed by atoms with Crippen molar-refractivity contribution in [2.45, 2.75) is 78.6 Å². The summed E-state index contributed by atoms with van der Waals surface area (Å²) in [5.41, 5.74) is 6.72. The van der Waals surface area contributed by atoms with Gasteiger partial charge in [-0.3, -0.25) is 0 Å². The Labute approximate surface area is 196 Å². The van der Waals surface area contributed by atoms with Gasteiger partial charge in [0.1, 0.15) is 0 Å². The molecular weight excluding hydrogens is 386 g/mol. The van der Waals surface area contributed by atoms with Crippen molar-refractivity contribution in [2.24, 2.45) is 5.41 Å². The highest BCUT2D eigenvalue weighted by Crippen LogP contribution is 2.30. The van der Waals surface area contributed by atoms with Crippen LogP contribution in [0.3, 0.4) is 0 Å². The third-order valence-corrected chi connectivity index (χ3v) is 6.14. The van der Waals surface area contributed by atoms with Gasteiger partial charge >= 0.3 is 0 Å². The summed E-state index contributed by atoms with van der Waals surface area (Å²) >= 11 is 0. The summed E-state index contributed by atoms with van der Waals surface area (Å²) < 4.78 is 0. The van der Waals surface area contributed by atoms with Crippen LogP contribution in [0.2, 0.25) is 0 Å².